The zero-order chi connectivity index (χ0) is 15.4. The summed E-state index contributed by atoms with van der Waals surface area (Å²) >= 11 is 1.71. The molecule has 1 N–H and O–H groups in total. The van der Waals surface area contributed by atoms with Gasteiger partial charge >= 0.3 is 0 Å². The van der Waals surface area contributed by atoms with Gasteiger partial charge in [-0.15, -0.1) is 16.9 Å². The van der Waals surface area contributed by atoms with E-state index >= 15 is 0 Å². The van der Waals surface area contributed by atoms with E-state index in [0.717, 1.165) is 22.8 Å². The molecule has 3 aromatic rings. The molecule has 0 saturated heterocycles. The van der Waals surface area contributed by atoms with E-state index in [1.807, 2.05) is 37.4 Å². The lowest BCUT2D eigenvalue weighted by atomic mass is 10.3. The Labute approximate surface area is 133 Å². The summed E-state index contributed by atoms with van der Waals surface area (Å²) < 4.78 is 1.80. The topological polar surface area (TPSA) is 55.6 Å². The predicted octanol–water partition coefficient (Wildman–Crippen LogP) is 3.30. The first-order valence-electron chi connectivity index (χ1n) is 6.97. The second-order valence-corrected chi connectivity index (χ2v) is 5.78. The van der Waals surface area contributed by atoms with Crippen LogP contribution in [0.15, 0.2) is 53.7 Å². The SMILES string of the molecule is CSc1cccc(-n2cc(CNc3ccnc(C)c3)nn2)c1. The number of pyridine rings is 1. The lowest BCUT2D eigenvalue weighted by molar-refractivity contribution is 0.796. The Kier molecular flexibility index (Phi) is 4.39. The normalized spacial score (nSPS) is 10.6. The molecule has 2 aromatic heterocycles. The number of rotatable bonds is 5. The summed E-state index contributed by atoms with van der Waals surface area (Å²) in [6.45, 7) is 2.60. The zero-order valence-corrected chi connectivity index (χ0v) is 13.3. The van der Waals surface area contributed by atoms with Crippen molar-refractivity contribution in [2.45, 2.75) is 18.4 Å². The van der Waals surface area contributed by atoms with Crippen molar-refractivity contribution in [2.24, 2.45) is 0 Å². The number of aromatic nitrogens is 4. The fourth-order valence-corrected chi connectivity index (χ4v) is 2.56. The third kappa shape index (κ3) is 3.46. The highest BCUT2D eigenvalue weighted by atomic mass is 32.2. The van der Waals surface area contributed by atoms with Crippen molar-refractivity contribution in [3.05, 3.63) is 60.2 Å². The van der Waals surface area contributed by atoms with Crippen molar-refractivity contribution in [2.75, 3.05) is 11.6 Å². The van der Waals surface area contributed by atoms with Crippen LogP contribution >= 0.6 is 11.8 Å². The van der Waals surface area contributed by atoms with Crippen LogP contribution in [0, 0.1) is 6.92 Å². The van der Waals surface area contributed by atoms with Gasteiger partial charge in [-0.2, -0.15) is 0 Å². The molecule has 5 nitrogen and oxygen atoms in total. The minimum Gasteiger partial charge on any atom is -0.379 e. The van der Waals surface area contributed by atoms with Crippen LogP contribution < -0.4 is 5.32 Å². The van der Waals surface area contributed by atoms with Crippen molar-refractivity contribution in [3.63, 3.8) is 0 Å². The smallest absolute Gasteiger partial charge is 0.102 e. The van der Waals surface area contributed by atoms with E-state index in [4.69, 9.17) is 0 Å². The molecular formula is C16H17N5S. The third-order valence-corrected chi connectivity index (χ3v) is 3.95. The predicted molar refractivity (Wildman–Crippen MR) is 89.4 cm³/mol. The molecular weight excluding hydrogens is 294 g/mol. The van der Waals surface area contributed by atoms with Crippen molar-refractivity contribution in [1.29, 1.82) is 0 Å². The van der Waals surface area contributed by atoms with Gasteiger partial charge in [0.05, 0.1) is 18.4 Å². The van der Waals surface area contributed by atoms with Crippen LogP contribution in [0.4, 0.5) is 5.69 Å². The molecule has 0 atom stereocenters. The second-order valence-electron chi connectivity index (χ2n) is 4.90. The Morgan fingerprint density at radius 3 is 2.95 bits per heavy atom. The number of anilines is 1. The highest BCUT2D eigenvalue weighted by Crippen LogP contribution is 2.18. The van der Waals surface area contributed by atoms with E-state index in [9.17, 15) is 0 Å². The highest BCUT2D eigenvalue weighted by molar-refractivity contribution is 7.98. The van der Waals surface area contributed by atoms with Crippen LogP contribution in [0.1, 0.15) is 11.4 Å². The van der Waals surface area contributed by atoms with Crippen molar-refractivity contribution < 1.29 is 0 Å². The Morgan fingerprint density at radius 2 is 2.14 bits per heavy atom. The van der Waals surface area contributed by atoms with Crippen molar-refractivity contribution in [3.8, 4) is 5.69 Å². The Bertz CT molecular complexity index is 768. The van der Waals surface area contributed by atoms with E-state index in [2.05, 4.69) is 39.0 Å². The first-order chi connectivity index (χ1) is 10.7. The fourth-order valence-electron chi connectivity index (χ4n) is 2.11. The first kappa shape index (κ1) is 14.6. The van der Waals surface area contributed by atoms with Crippen LogP contribution in [0.2, 0.25) is 0 Å². The Balaban J connectivity index is 1.71. The standard InChI is InChI=1S/C16H17N5S/c1-12-8-13(6-7-17-12)18-10-14-11-21(20-19-14)15-4-3-5-16(9-15)22-2/h3-9,11H,10H2,1-2H3,(H,17,18). The van der Waals surface area contributed by atoms with Crippen LogP contribution in [-0.2, 0) is 6.54 Å². The van der Waals surface area contributed by atoms with E-state index in [1.165, 1.54) is 4.90 Å². The summed E-state index contributed by atoms with van der Waals surface area (Å²) in [5.41, 5.74) is 3.93. The Hall–Kier alpha value is -2.34. The second kappa shape index (κ2) is 6.62. The zero-order valence-electron chi connectivity index (χ0n) is 12.5. The molecule has 0 aliphatic carbocycles. The molecule has 0 radical (unpaired) electrons. The lowest BCUT2D eigenvalue weighted by Crippen LogP contribution is -2.00. The first-order valence-corrected chi connectivity index (χ1v) is 8.19. The molecule has 0 unspecified atom stereocenters. The van der Waals surface area contributed by atoms with Crippen LogP contribution in [-0.4, -0.2) is 26.2 Å². The molecule has 0 saturated carbocycles. The van der Waals surface area contributed by atoms with Gasteiger partial charge in [0.15, 0.2) is 0 Å². The van der Waals surface area contributed by atoms with E-state index in [1.54, 1.807) is 22.6 Å². The maximum atomic E-state index is 4.21. The summed E-state index contributed by atoms with van der Waals surface area (Å²) in [5.74, 6) is 0. The molecule has 0 spiro atoms. The Morgan fingerprint density at radius 1 is 1.23 bits per heavy atom. The maximum Gasteiger partial charge on any atom is 0.102 e. The summed E-state index contributed by atoms with van der Waals surface area (Å²) in [6, 6.07) is 12.2. The van der Waals surface area contributed by atoms with Gasteiger partial charge in [0.1, 0.15) is 5.69 Å². The third-order valence-electron chi connectivity index (χ3n) is 3.23. The lowest BCUT2D eigenvalue weighted by Gasteiger charge is -2.04. The summed E-state index contributed by atoms with van der Waals surface area (Å²) in [4.78, 5) is 5.39. The number of nitrogens with one attached hydrogen (secondary N) is 1. The van der Waals surface area contributed by atoms with Gasteiger partial charge in [-0.25, -0.2) is 4.68 Å². The average Bonchev–Trinajstić information content (AvgIpc) is 3.02. The molecule has 2 heterocycles. The molecule has 22 heavy (non-hydrogen) atoms. The van der Waals surface area contributed by atoms with Crippen molar-refractivity contribution >= 4 is 17.4 Å². The van der Waals surface area contributed by atoms with Crippen molar-refractivity contribution in [1.82, 2.24) is 20.0 Å². The minimum absolute atomic E-state index is 0.631. The summed E-state index contributed by atoms with van der Waals surface area (Å²) in [6.07, 6.45) is 5.80. The van der Waals surface area contributed by atoms with Crippen LogP contribution in [0.3, 0.4) is 0 Å². The number of hydrogen-bond acceptors (Lipinski definition) is 5. The van der Waals surface area contributed by atoms with Gasteiger partial charge in [-0.3, -0.25) is 4.98 Å². The number of nitrogens with zero attached hydrogens (tertiary/aromatic N) is 4. The summed E-state index contributed by atoms with van der Waals surface area (Å²) in [7, 11) is 0. The molecule has 112 valence electrons. The minimum atomic E-state index is 0.631. The van der Waals surface area contributed by atoms with Crippen LogP contribution in [0.5, 0.6) is 0 Å². The number of hydrogen-bond donors (Lipinski definition) is 1. The average molecular weight is 311 g/mol. The number of aryl methyl sites for hydroxylation is 1. The molecule has 6 heteroatoms. The molecule has 0 bridgehead atoms. The molecule has 1 aromatic carbocycles. The molecule has 0 fully saturated rings. The molecule has 0 aliphatic heterocycles. The van der Waals surface area contributed by atoms with Gasteiger partial charge in [-0.1, -0.05) is 11.3 Å². The van der Waals surface area contributed by atoms with Gasteiger partial charge in [0.2, 0.25) is 0 Å². The fraction of sp³-hybridized carbons (Fsp3) is 0.188. The quantitative estimate of drug-likeness (QED) is 0.733. The molecule has 3 rings (SSSR count). The van der Waals surface area contributed by atoms with E-state index in [0.29, 0.717) is 6.54 Å². The molecule has 0 amide bonds. The largest absolute Gasteiger partial charge is 0.379 e. The van der Waals surface area contributed by atoms with Gasteiger partial charge in [0, 0.05) is 22.5 Å². The summed E-state index contributed by atoms with van der Waals surface area (Å²) in [5, 5.41) is 11.7. The van der Waals surface area contributed by atoms with Gasteiger partial charge < -0.3 is 5.32 Å². The van der Waals surface area contributed by atoms with Crippen LogP contribution in [0.25, 0.3) is 5.69 Å². The number of benzene rings is 1. The van der Waals surface area contributed by atoms with E-state index in [-0.39, 0.29) is 0 Å². The monoisotopic (exact) mass is 311 g/mol. The molecule has 0 aliphatic rings. The van der Waals surface area contributed by atoms with E-state index < -0.39 is 0 Å². The maximum absolute atomic E-state index is 4.21. The van der Waals surface area contributed by atoms with Gasteiger partial charge in [-0.05, 0) is 43.5 Å². The van der Waals surface area contributed by atoms with Gasteiger partial charge in [0.25, 0.3) is 0 Å². The highest BCUT2D eigenvalue weighted by Gasteiger charge is 2.04. The number of thioether (sulfide) groups is 1.